The van der Waals surface area contributed by atoms with Crippen molar-refractivity contribution < 1.29 is 4.39 Å². The van der Waals surface area contributed by atoms with E-state index in [2.05, 4.69) is 26.8 Å². The number of nitriles is 1. The second kappa shape index (κ2) is 10.4. The molecule has 0 amide bonds. The first-order valence-corrected chi connectivity index (χ1v) is 10.5. The number of hydrogen-bond donors (Lipinski definition) is 3. The molecule has 0 aliphatic heterocycles. The van der Waals surface area contributed by atoms with Crippen molar-refractivity contribution in [3.8, 4) is 11.8 Å². The third-order valence-electron chi connectivity index (χ3n) is 5.26. The van der Waals surface area contributed by atoms with E-state index in [1.54, 1.807) is 24.7 Å². The van der Waals surface area contributed by atoms with E-state index in [-0.39, 0.29) is 11.9 Å². The SMILES string of the molecule is CN=C(NCCCc1nn(-c2ccccc2)c(N)c1C#N)NC(C)c1ccc(C)c(F)c1. The number of guanidine groups is 1. The number of halogens is 1. The van der Waals surface area contributed by atoms with Crippen molar-refractivity contribution >= 4 is 11.8 Å². The number of para-hydroxylation sites is 1. The van der Waals surface area contributed by atoms with Crippen LogP contribution in [0.2, 0.25) is 0 Å². The molecule has 4 N–H and O–H groups in total. The highest BCUT2D eigenvalue weighted by Gasteiger charge is 2.16. The van der Waals surface area contributed by atoms with Gasteiger partial charge in [0.05, 0.1) is 17.4 Å². The summed E-state index contributed by atoms with van der Waals surface area (Å²) in [7, 11) is 1.69. The Bertz CT molecular complexity index is 1130. The molecule has 0 fully saturated rings. The second-order valence-corrected chi connectivity index (χ2v) is 7.54. The topological polar surface area (TPSA) is 104 Å². The number of hydrogen-bond acceptors (Lipinski definition) is 4. The maximum atomic E-state index is 13.9. The number of aryl methyl sites for hydroxylation is 2. The molecule has 0 radical (unpaired) electrons. The van der Waals surface area contributed by atoms with Crippen molar-refractivity contribution in [1.29, 1.82) is 5.26 Å². The van der Waals surface area contributed by atoms with Crippen molar-refractivity contribution in [2.24, 2.45) is 4.99 Å². The molecule has 2 aromatic carbocycles. The number of benzene rings is 2. The standard InChI is InChI=1S/C24H28FN7/c1-16-11-12-18(14-21(16)25)17(2)30-24(28-3)29-13-7-10-22-20(15-26)23(27)32(31-22)19-8-5-4-6-9-19/h4-6,8-9,11-12,14,17H,7,10,13,27H2,1-3H3,(H2,28,29,30). The number of nitrogens with two attached hydrogens (primary N) is 1. The minimum atomic E-state index is -0.221. The van der Waals surface area contributed by atoms with Crippen molar-refractivity contribution in [3.63, 3.8) is 0 Å². The Labute approximate surface area is 187 Å². The third kappa shape index (κ3) is 5.24. The van der Waals surface area contributed by atoms with Gasteiger partial charge in [0.15, 0.2) is 5.96 Å². The zero-order valence-corrected chi connectivity index (χ0v) is 18.6. The number of aromatic nitrogens is 2. The molecule has 1 unspecified atom stereocenters. The molecule has 0 bridgehead atoms. The lowest BCUT2D eigenvalue weighted by Gasteiger charge is -2.18. The van der Waals surface area contributed by atoms with Gasteiger partial charge >= 0.3 is 0 Å². The molecule has 0 saturated heterocycles. The van der Waals surface area contributed by atoms with Crippen molar-refractivity contribution in [1.82, 2.24) is 20.4 Å². The normalized spacial score (nSPS) is 12.3. The van der Waals surface area contributed by atoms with E-state index >= 15 is 0 Å². The number of nitrogen functional groups attached to an aromatic ring is 1. The van der Waals surface area contributed by atoms with Gasteiger partial charge in [-0.2, -0.15) is 10.4 Å². The summed E-state index contributed by atoms with van der Waals surface area (Å²) < 4.78 is 15.5. The molecule has 32 heavy (non-hydrogen) atoms. The molecular formula is C24H28FN7. The van der Waals surface area contributed by atoms with Crippen LogP contribution in [-0.2, 0) is 6.42 Å². The highest BCUT2D eigenvalue weighted by molar-refractivity contribution is 5.80. The minimum Gasteiger partial charge on any atom is -0.382 e. The lowest BCUT2D eigenvalue weighted by Crippen LogP contribution is -2.39. The molecule has 166 valence electrons. The summed E-state index contributed by atoms with van der Waals surface area (Å²) in [6.45, 7) is 4.32. The fourth-order valence-electron chi connectivity index (χ4n) is 3.37. The van der Waals surface area contributed by atoms with Gasteiger partial charge in [-0.25, -0.2) is 9.07 Å². The summed E-state index contributed by atoms with van der Waals surface area (Å²) in [6, 6.07) is 16.8. The Morgan fingerprint density at radius 1 is 1.28 bits per heavy atom. The van der Waals surface area contributed by atoms with Crippen molar-refractivity contribution in [2.75, 3.05) is 19.3 Å². The van der Waals surface area contributed by atoms with E-state index in [1.807, 2.05) is 43.3 Å². The van der Waals surface area contributed by atoms with Crippen LogP contribution < -0.4 is 16.4 Å². The number of anilines is 1. The first-order chi connectivity index (χ1) is 15.4. The molecule has 8 heteroatoms. The van der Waals surface area contributed by atoms with Crippen molar-refractivity contribution in [3.05, 3.63) is 76.7 Å². The Kier molecular flexibility index (Phi) is 7.45. The van der Waals surface area contributed by atoms with E-state index in [0.717, 1.165) is 17.7 Å². The van der Waals surface area contributed by atoms with E-state index in [0.29, 0.717) is 41.6 Å². The Morgan fingerprint density at radius 3 is 2.69 bits per heavy atom. The molecule has 1 aromatic heterocycles. The van der Waals surface area contributed by atoms with Crippen LogP contribution >= 0.6 is 0 Å². The molecule has 0 aliphatic rings. The summed E-state index contributed by atoms with van der Waals surface area (Å²) >= 11 is 0. The molecule has 1 heterocycles. The number of nitrogens with one attached hydrogen (secondary N) is 2. The van der Waals surface area contributed by atoms with E-state index in [1.165, 1.54) is 6.07 Å². The van der Waals surface area contributed by atoms with E-state index < -0.39 is 0 Å². The first-order valence-electron chi connectivity index (χ1n) is 10.5. The molecule has 3 rings (SSSR count). The van der Waals surface area contributed by atoms with Gasteiger partial charge in [-0.3, -0.25) is 4.99 Å². The van der Waals surface area contributed by atoms with Crippen LogP contribution in [0.4, 0.5) is 10.2 Å². The number of rotatable bonds is 7. The van der Waals surface area contributed by atoms with Gasteiger partial charge in [-0.1, -0.05) is 30.3 Å². The predicted octanol–water partition coefficient (Wildman–Crippen LogP) is 3.63. The quantitative estimate of drug-likeness (QED) is 0.300. The number of aliphatic imine (C=N–C) groups is 1. The summed E-state index contributed by atoms with van der Waals surface area (Å²) in [5.74, 6) is 0.744. The van der Waals surface area contributed by atoms with Gasteiger partial charge in [0, 0.05) is 13.6 Å². The maximum Gasteiger partial charge on any atom is 0.191 e. The zero-order chi connectivity index (χ0) is 23.1. The van der Waals surface area contributed by atoms with Crippen LogP contribution in [0.5, 0.6) is 0 Å². The fourth-order valence-corrected chi connectivity index (χ4v) is 3.37. The van der Waals surface area contributed by atoms with Crippen LogP contribution in [0.1, 0.15) is 41.8 Å². The van der Waals surface area contributed by atoms with Crippen LogP contribution in [0, 0.1) is 24.1 Å². The highest BCUT2D eigenvalue weighted by atomic mass is 19.1. The largest absolute Gasteiger partial charge is 0.382 e. The fraction of sp³-hybridized carbons (Fsp3) is 0.292. The predicted molar refractivity (Wildman–Crippen MR) is 125 cm³/mol. The summed E-state index contributed by atoms with van der Waals surface area (Å²) in [6.07, 6.45) is 1.32. The summed E-state index contributed by atoms with van der Waals surface area (Å²) in [4.78, 5) is 4.24. The van der Waals surface area contributed by atoms with E-state index in [9.17, 15) is 9.65 Å². The van der Waals surface area contributed by atoms with Crippen LogP contribution in [0.3, 0.4) is 0 Å². The molecule has 0 saturated carbocycles. The van der Waals surface area contributed by atoms with Gasteiger partial charge in [0.25, 0.3) is 0 Å². The average Bonchev–Trinajstić information content (AvgIpc) is 3.13. The lowest BCUT2D eigenvalue weighted by atomic mass is 10.1. The third-order valence-corrected chi connectivity index (χ3v) is 5.26. The molecular weight excluding hydrogens is 405 g/mol. The summed E-state index contributed by atoms with van der Waals surface area (Å²) in [5, 5.41) is 20.6. The average molecular weight is 434 g/mol. The molecule has 1 atom stereocenters. The summed E-state index contributed by atoms with van der Waals surface area (Å²) in [5.41, 5.74) is 9.52. The first kappa shape index (κ1) is 22.8. The smallest absolute Gasteiger partial charge is 0.191 e. The Morgan fingerprint density at radius 2 is 2.03 bits per heavy atom. The molecule has 7 nitrogen and oxygen atoms in total. The van der Waals surface area contributed by atoms with Gasteiger partial charge in [-0.15, -0.1) is 0 Å². The van der Waals surface area contributed by atoms with Gasteiger partial charge in [-0.05, 0) is 56.0 Å². The molecule has 0 aliphatic carbocycles. The van der Waals surface area contributed by atoms with Crippen molar-refractivity contribution in [2.45, 2.75) is 32.7 Å². The molecule has 0 spiro atoms. The van der Waals surface area contributed by atoms with Crippen LogP contribution in [-0.4, -0.2) is 29.3 Å². The number of nitrogens with zero attached hydrogens (tertiary/aromatic N) is 4. The Balaban J connectivity index is 1.57. The van der Waals surface area contributed by atoms with Crippen LogP contribution in [0.25, 0.3) is 5.69 Å². The Hall–Kier alpha value is -3.86. The highest BCUT2D eigenvalue weighted by Crippen LogP contribution is 2.21. The maximum absolute atomic E-state index is 13.9. The second-order valence-electron chi connectivity index (χ2n) is 7.54. The van der Waals surface area contributed by atoms with Gasteiger partial charge < -0.3 is 16.4 Å². The minimum absolute atomic E-state index is 0.108. The van der Waals surface area contributed by atoms with Gasteiger partial charge in [0.1, 0.15) is 23.3 Å². The van der Waals surface area contributed by atoms with Gasteiger partial charge in [0.2, 0.25) is 0 Å². The zero-order valence-electron chi connectivity index (χ0n) is 18.6. The monoisotopic (exact) mass is 433 g/mol. The lowest BCUT2D eigenvalue weighted by molar-refractivity contribution is 0.607. The van der Waals surface area contributed by atoms with E-state index in [4.69, 9.17) is 5.73 Å². The van der Waals surface area contributed by atoms with Crippen LogP contribution in [0.15, 0.2) is 53.5 Å². The molecule has 3 aromatic rings.